The zero-order valence-corrected chi connectivity index (χ0v) is 14.0. The van der Waals surface area contributed by atoms with Crippen LogP contribution in [0.3, 0.4) is 0 Å². The number of para-hydroxylation sites is 1. The summed E-state index contributed by atoms with van der Waals surface area (Å²) < 4.78 is 0.743. The zero-order valence-electron chi connectivity index (χ0n) is 7.55. The van der Waals surface area contributed by atoms with E-state index in [1.54, 1.807) is 0 Å². The number of hydrogen-bond donors (Lipinski definition) is 0. The van der Waals surface area contributed by atoms with Crippen molar-refractivity contribution in [2.24, 2.45) is 0 Å². The number of benzene rings is 1. The Bertz CT molecular complexity index is 213. The van der Waals surface area contributed by atoms with Crippen molar-refractivity contribution < 1.29 is 0 Å². The molecule has 0 unspecified atom stereocenters. The summed E-state index contributed by atoms with van der Waals surface area (Å²) in [5.41, 5.74) is 1.25. The minimum atomic E-state index is 0.743. The molecule has 1 aromatic rings. The van der Waals surface area contributed by atoms with Gasteiger partial charge in [0.05, 0.1) is 0 Å². The predicted molar refractivity (Wildman–Crippen MR) is 88.6 cm³/mol. The maximum absolute atomic E-state index is 2.32. The summed E-state index contributed by atoms with van der Waals surface area (Å²) in [7, 11) is 4.07. The Kier molecular flexibility index (Phi) is 9.41. The summed E-state index contributed by atoms with van der Waals surface area (Å²) in [6.45, 7) is 0. The molecule has 0 aliphatic heterocycles. The predicted octanol–water partition coefficient (Wildman–Crippen LogP) is 4.03. The molecule has 0 aliphatic rings. The van der Waals surface area contributed by atoms with Crippen molar-refractivity contribution in [2.45, 2.75) is 0 Å². The van der Waals surface area contributed by atoms with Gasteiger partial charge in [0.15, 0.2) is 0 Å². The van der Waals surface area contributed by atoms with Gasteiger partial charge in [-0.2, -0.15) is 0 Å². The van der Waals surface area contributed by atoms with E-state index < -0.39 is 0 Å². The molecule has 0 heterocycles. The first-order valence-electron chi connectivity index (χ1n) is 3.68. The normalized spacial score (nSPS) is 8.38. The van der Waals surface area contributed by atoms with E-state index in [4.69, 9.17) is 0 Å². The summed E-state index contributed by atoms with van der Waals surface area (Å²) in [6, 6.07) is 10.3. The molecule has 0 aromatic heterocycles. The summed E-state index contributed by atoms with van der Waals surface area (Å²) in [6.07, 6.45) is 0. The van der Waals surface area contributed by atoms with Gasteiger partial charge in [-0.15, -0.1) is 67.1 Å². The van der Waals surface area contributed by atoms with Crippen molar-refractivity contribution in [1.82, 2.24) is 0 Å². The lowest BCUT2D eigenvalue weighted by molar-refractivity contribution is 1.13. The van der Waals surface area contributed by atoms with Crippen molar-refractivity contribution in [3.8, 4) is 0 Å². The lowest BCUT2D eigenvalue weighted by Gasteiger charge is -2.10. The molecule has 72 valence electrons. The van der Waals surface area contributed by atoms with Gasteiger partial charge in [-0.25, -0.2) is 0 Å². The molecule has 13 heavy (non-hydrogen) atoms. The summed E-state index contributed by atoms with van der Waals surface area (Å²) in [4.78, 5) is 2.08. The molecule has 1 aromatic carbocycles. The van der Waals surface area contributed by atoms with Gasteiger partial charge in [0.25, 0.3) is 0 Å². The van der Waals surface area contributed by atoms with E-state index in [2.05, 4.69) is 84.2 Å². The molecular weight excluding hydrogens is 502 g/mol. The van der Waals surface area contributed by atoms with Crippen molar-refractivity contribution in [1.29, 1.82) is 0 Å². The van der Waals surface area contributed by atoms with Crippen LogP contribution in [0, 0.1) is 0 Å². The Labute approximate surface area is 121 Å². The van der Waals surface area contributed by atoms with E-state index in [1.165, 1.54) is 5.69 Å². The first-order valence-corrected chi connectivity index (χ1v) is 7.42. The van der Waals surface area contributed by atoms with Gasteiger partial charge < -0.3 is 4.90 Å². The highest BCUT2D eigenvalue weighted by atomic mass is 127. The fraction of sp³-hybridized carbons (Fsp3) is 0.250. The van der Waals surface area contributed by atoms with Crippen LogP contribution >= 0.6 is 67.1 Å². The van der Waals surface area contributed by atoms with Gasteiger partial charge in [0.2, 0.25) is 0 Å². The van der Waals surface area contributed by atoms with Crippen molar-refractivity contribution in [3.05, 3.63) is 30.3 Å². The number of rotatable bonds is 1. The van der Waals surface area contributed by atoms with E-state index in [0.717, 1.165) is 0.282 Å². The molecule has 1 nitrogen and oxygen atoms in total. The maximum atomic E-state index is 2.32. The molecule has 0 N–H and O–H groups in total. The van der Waals surface area contributed by atoms with Crippen LogP contribution in [0.15, 0.2) is 30.3 Å². The van der Waals surface area contributed by atoms with Crippen molar-refractivity contribution >= 4 is 73.1 Å². The van der Waals surface area contributed by atoms with Crippen molar-refractivity contribution in [2.75, 3.05) is 19.0 Å². The molecule has 0 bridgehead atoms. The van der Waals surface area contributed by atoms with Crippen LogP contribution in [0.5, 0.6) is 0 Å². The van der Waals surface area contributed by atoms with Crippen LogP contribution in [0.1, 0.15) is 0 Å². The molecule has 0 spiro atoms. The molecule has 0 aliphatic carbocycles. The highest BCUT2D eigenvalue weighted by molar-refractivity contribution is 14.4. The molecule has 5 heteroatoms. The van der Waals surface area contributed by atoms with E-state index in [9.17, 15) is 0 Å². The fourth-order valence-corrected chi connectivity index (χ4v) is 0.726. The minimum absolute atomic E-state index is 0.743. The molecule has 0 amide bonds. The van der Waals surface area contributed by atoms with Crippen molar-refractivity contribution in [3.63, 3.8) is 0 Å². The van der Waals surface area contributed by atoms with Gasteiger partial charge in [-0.05, 0) is 12.1 Å². The smallest absolute Gasteiger partial charge is 0.355 e. The van der Waals surface area contributed by atoms with E-state index >= 15 is 0 Å². The Morgan fingerprint density at radius 1 is 1.00 bits per heavy atom. The van der Waals surface area contributed by atoms with Gasteiger partial charge in [0.1, 0.15) is 0 Å². The number of halogens is 3. The largest absolute Gasteiger partial charge is 0.378 e. The molecule has 0 fully saturated rings. The topological polar surface area (TPSA) is 3.24 Å². The first-order chi connectivity index (χ1) is 6.04. The zero-order chi connectivity index (χ0) is 10.3. The van der Waals surface area contributed by atoms with Crippen LogP contribution in [0.4, 0.5) is 5.69 Å². The molecule has 0 radical (unpaired) electrons. The maximum Gasteiger partial charge on any atom is 0.355 e. The van der Waals surface area contributed by atoms with Crippen LogP contribution in [-0.4, -0.2) is 14.4 Å². The van der Waals surface area contributed by atoms with Gasteiger partial charge in [0, 0.05) is 19.8 Å². The lowest BCUT2D eigenvalue weighted by atomic mass is 10.3. The van der Waals surface area contributed by atoms with E-state index in [-0.39, 0.29) is 0 Å². The van der Waals surface area contributed by atoms with Gasteiger partial charge in [-0.3, -0.25) is 0 Å². The van der Waals surface area contributed by atoms with Crippen LogP contribution in [0.2, 0.25) is 0 Å². The minimum Gasteiger partial charge on any atom is -0.378 e. The van der Waals surface area contributed by atoms with Crippen LogP contribution in [-0.2, 0) is 0 Å². The molecule has 0 saturated carbocycles. The second-order valence-electron chi connectivity index (χ2n) is 2.48. The summed E-state index contributed by atoms with van der Waals surface area (Å²) in [5, 5.41) is 0. The highest BCUT2D eigenvalue weighted by Gasteiger charge is 1.88. The average Bonchev–Trinajstić information content (AvgIpc) is 2.05. The number of nitrogens with zero attached hydrogens (tertiary/aromatic N) is 1. The lowest BCUT2D eigenvalue weighted by Crippen LogP contribution is -2.07. The molecular formula is C8H11BI3N. The Morgan fingerprint density at radius 3 is 1.62 bits per heavy atom. The summed E-state index contributed by atoms with van der Waals surface area (Å²) in [5.74, 6) is 0. The molecule has 0 saturated heterocycles. The second-order valence-corrected chi connectivity index (χ2v) is 13.4. The van der Waals surface area contributed by atoms with E-state index in [0.29, 0.717) is 0 Å². The van der Waals surface area contributed by atoms with E-state index in [1.807, 2.05) is 32.3 Å². The highest BCUT2D eigenvalue weighted by Crippen LogP contribution is 2.10. The Hall–Kier alpha value is 1.27. The SMILES string of the molecule is CN(C)c1ccccc1.IB(I)I. The summed E-state index contributed by atoms with van der Waals surface area (Å²) >= 11 is 6.95. The third kappa shape index (κ3) is 9.58. The fourth-order valence-electron chi connectivity index (χ4n) is 0.726. The quantitative estimate of drug-likeness (QED) is 0.406. The van der Waals surface area contributed by atoms with Crippen LogP contribution in [0.25, 0.3) is 0 Å². The Balaban J connectivity index is 0.000000310. The molecule has 0 atom stereocenters. The van der Waals surface area contributed by atoms with Gasteiger partial charge >= 0.3 is 0.282 Å². The third-order valence-electron chi connectivity index (χ3n) is 1.27. The van der Waals surface area contributed by atoms with Crippen LogP contribution < -0.4 is 4.90 Å². The second kappa shape index (κ2) is 8.57. The molecule has 1 rings (SSSR count). The number of anilines is 1. The van der Waals surface area contributed by atoms with Gasteiger partial charge in [-0.1, -0.05) is 18.2 Å². The standard InChI is InChI=1S/C8H11N.BI3/c1-9(2)8-6-4-3-5-7-8;2-1(3)4/h3-7H,1-2H3;. The third-order valence-corrected chi connectivity index (χ3v) is 1.27. The first kappa shape index (κ1) is 14.3. The monoisotopic (exact) mass is 513 g/mol. The Morgan fingerprint density at radius 2 is 1.38 bits per heavy atom. The number of hydrogen-bond acceptors (Lipinski definition) is 1. The average molecular weight is 513 g/mol.